The summed E-state index contributed by atoms with van der Waals surface area (Å²) in [6, 6.07) is 4.75. The Bertz CT molecular complexity index is 952. The zero-order chi connectivity index (χ0) is 19.0. The molecule has 1 fully saturated rings. The van der Waals surface area contributed by atoms with E-state index in [4.69, 9.17) is 13.8 Å². The minimum atomic E-state index is -0.416. The molecule has 0 radical (unpaired) electrons. The van der Waals surface area contributed by atoms with Crippen LogP contribution in [0.4, 0.5) is 4.39 Å². The molecule has 27 heavy (non-hydrogen) atoms. The van der Waals surface area contributed by atoms with Crippen LogP contribution < -0.4 is 4.74 Å². The van der Waals surface area contributed by atoms with E-state index in [1.165, 1.54) is 13.2 Å². The minimum Gasteiger partial charge on any atom is -0.494 e. The summed E-state index contributed by atoms with van der Waals surface area (Å²) in [6.07, 6.45) is 2.09. The standard InChI is InChI=1S/C19H21FN4O3/c1-11-18(23-27-22-11)16-5-4-8-24(16)10-15-12(2)26-19(21-15)13-6-7-14(20)17(9-13)25-3/h6-7,9,16H,4-5,8,10H2,1-3H3/t16-/m1/s1. The maximum absolute atomic E-state index is 13.6. The monoisotopic (exact) mass is 372 g/mol. The molecule has 1 saturated heterocycles. The molecular formula is C19H21FN4O3. The first-order valence-corrected chi connectivity index (χ1v) is 8.90. The van der Waals surface area contributed by atoms with Gasteiger partial charge in [0.2, 0.25) is 5.89 Å². The Morgan fingerprint density at radius 2 is 2.15 bits per heavy atom. The number of likely N-dealkylation sites (tertiary alicyclic amines) is 1. The molecule has 0 amide bonds. The molecule has 0 aliphatic carbocycles. The predicted molar refractivity (Wildman–Crippen MR) is 94.6 cm³/mol. The van der Waals surface area contributed by atoms with E-state index in [2.05, 4.69) is 20.2 Å². The minimum absolute atomic E-state index is 0.165. The lowest BCUT2D eigenvalue weighted by molar-refractivity contribution is 0.228. The van der Waals surface area contributed by atoms with Gasteiger partial charge >= 0.3 is 0 Å². The van der Waals surface area contributed by atoms with Crippen molar-refractivity contribution in [1.82, 2.24) is 20.2 Å². The van der Waals surface area contributed by atoms with Crippen molar-refractivity contribution in [2.24, 2.45) is 0 Å². The van der Waals surface area contributed by atoms with Crippen LogP contribution in [0.15, 0.2) is 27.2 Å². The average molecular weight is 372 g/mol. The van der Waals surface area contributed by atoms with Gasteiger partial charge in [-0.15, -0.1) is 0 Å². The summed E-state index contributed by atoms with van der Waals surface area (Å²) in [6.45, 7) is 5.39. The van der Waals surface area contributed by atoms with Gasteiger partial charge in [-0.2, -0.15) is 0 Å². The van der Waals surface area contributed by atoms with Crippen LogP contribution in [0, 0.1) is 19.7 Å². The van der Waals surface area contributed by atoms with Gasteiger partial charge in [0, 0.05) is 12.1 Å². The summed E-state index contributed by atoms with van der Waals surface area (Å²) in [4.78, 5) is 6.95. The highest BCUT2D eigenvalue weighted by molar-refractivity contribution is 5.56. The maximum Gasteiger partial charge on any atom is 0.226 e. The molecule has 0 spiro atoms. The number of nitrogens with zero attached hydrogens (tertiary/aromatic N) is 4. The quantitative estimate of drug-likeness (QED) is 0.673. The van der Waals surface area contributed by atoms with Crippen LogP contribution in [0.1, 0.15) is 41.7 Å². The molecule has 1 aliphatic heterocycles. The van der Waals surface area contributed by atoms with E-state index in [1.807, 2.05) is 13.8 Å². The summed E-state index contributed by atoms with van der Waals surface area (Å²) in [7, 11) is 1.43. The normalized spacial score (nSPS) is 17.6. The first-order valence-electron chi connectivity index (χ1n) is 8.90. The van der Waals surface area contributed by atoms with Crippen LogP contribution in [0.3, 0.4) is 0 Å². The van der Waals surface area contributed by atoms with E-state index < -0.39 is 5.82 Å². The highest BCUT2D eigenvalue weighted by Gasteiger charge is 2.31. The third-order valence-corrected chi connectivity index (χ3v) is 5.01. The number of hydrogen-bond donors (Lipinski definition) is 0. The summed E-state index contributed by atoms with van der Waals surface area (Å²) < 4.78 is 29.4. The lowest BCUT2D eigenvalue weighted by atomic mass is 10.1. The number of aryl methyl sites for hydroxylation is 2. The summed E-state index contributed by atoms with van der Waals surface area (Å²) >= 11 is 0. The lowest BCUT2D eigenvalue weighted by Crippen LogP contribution is -2.24. The number of aromatic nitrogens is 3. The Morgan fingerprint density at radius 3 is 2.89 bits per heavy atom. The van der Waals surface area contributed by atoms with E-state index in [0.717, 1.165) is 42.2 Å². The smallest absolute Gasteiger partial charge is 0.226 e. The highest BCUT2D eigenvalue weighted by Crippen LogP contribution is 2.34. The van der Waals surface area contributed by atoms with Crippen molar-refractivity contribution < 1.29 is 18.2 Å². The maximum atomic E-state index is 13.6. The fraction of sp³-hybridized carbons (Fsp3) is 0.421. The SMILES string of the molecule is COc1cc(-c2nc(CN3CCC[C@@H]3c3nonc3C)c(C)o2)ccc1F. The molecule has 142 valence electrons. The second kappa shape index (κ2) is 7.11. The van der Waals surface area contributed by atoms with E-state index in [-0.39, 0.29) is 11.8 Å². The van der Waals surface area contributed by atoms with Gasteiger partial charge in [-0.3, -0.25) is 4.90 Å². The number of benzene rings is 1. The third kappa shape index (κ3) is 3.32. The molecule has 3 heterocycles. The zero-order valence-corrected chi connectivity index (χ0v) is 15.5. The second-order valence-electron chi connectivity index (χ2n) is 6.73. The molecule has 0 N–H and O–H groups in total. The third-order valence-electron chi connectivity index (χ3n) is 5.01. The summed E-state index contributed by atoms with van der Waals surface area (Å²) in [5.41, 5.74) is 3.24. The van der Waals surface area contributed by atoms with E-state index in [0.29, 0.717) is 18.0 Å². The zero-order valence-electron chi connectivity index (χ0n) is 15.5. The topological polar surface area (TPSA) is 77.4 Å². The summed E-state index contributed by atoms with van der Waals surface area (Å²) in [5, 5.41) is 7.97. The molecule has 1 aromatic carbocycles. The second-order valence-corrected chi connectivity index (χ2v) is 6.73. The molecule has 1 aliphatic rings. The highest BCUT2D eigenvalue weighted by atomic mass is 19.1. The molecule has 0 saturated carbocycles. The molecule has 0 unspecified atom stereocenters. The van der Waals surface area contributed by atoms with Gasteiger partial charge in [0.25, 0.3) is 0 Å². The Labute approximate surface area is 156 Å². The van der Waals surface area contributed by atoms with Gasteiger partial charge in [0.15, 0.2) is 11.6 Å². The predicted octanol–water partition coefficient (Wildman–Crippen LogP) is 3.83. The van der Waals surface area contributed by atoms with Gasteiger partial charge in [-0.05, 0) is 51.4 Å². The molecule has 7 nitrogen and oxygen atoms in total. The fourth-order valence-corrected chi connectivity index (χ4v) is 3.55. The number of ether oxygens (including phenoxy) is 1. The van der Waals surface area contributed by atoms with Crippen molar-refractivity contribution in [3.8, 4) is 17.2 Å². The van der Waals surface area contributed by atoms with Gasteiger partial charge in [-0.1, -0.05) is 10.3 Å². The van der Waals surface area contributed by atoms with Gasteiger partial charge < -0.3 is 9.15 Å². The van der Waals surface area contributed by atoms with E-state index in [9.17, 15) is 4.39 Å². The van der Waals surface area contributed by atoms with Crippen LogP contribution in [0.25, 0.3) is 11.5 Å². The van der Waals surface area contributed by atoms with Crippen molar-refractivity contribution in [3.05, 3.63) is 46.9 Å². The molecular weight excluding hydrogens is 351 g/mol. The number of rotatable bonds is 5. The van der Waals surface area contributed by atoms with E-state index in [1.54, 1.807) is 12.1 Å². The number of hydrogen-bond acceptors (Lipinski definition) is 7. The lowest BCUT2D eigenvalue weighted by Gasteiger charge is -2.21. The van der Waals surface area contributed by atoms with Crippen LogP contribution >= 0.6 is 0 Å². The van der Waals surface area contributed by atoms with Gasteiger partial charge in [0.05, 0.1) is 18.8 Å². The van der Waals surface area contributed by atoms with Crippen LogP contribution in [-0.2, 0) is 6.54 Å². The summed E-state index contributed by atoms with van der Waals surface area (Å²) in [5.74, 6) is 0.949. The first-order chi connectivity index (χ1) is 13.1. The Kier molecular flexibility index (Phi) is 4.65. The Morgan fingerprint density at radius 1 is 1.30 bits per heavy atom. The Balaban J connectivity index is 1.58. The molecule has 2 aromatic heterocycles. The van der Waals surface area contributed by atoms with E-state index >= 15 is 0 Å². The molecule has 3 aromatic rings. The number of methoxy groups -OCH3 is 1. The van der Waals surface area contributed by atoms with Crippen LogP contribution in [0.5, 0.6) is 5.75 Å². The van der Waals surface area contributed by atoms with Crippen molar-refractivity contribution in [2.75, 3.05) is 13.7 Å². The van der Waals surface area contributed by atoms with Crippen LogP contribution in [-0.4, -0.2) is 33.9 Å². The number of oxazole rings is 1. The fourth-order valence-electron chi connectivity index (χ4n) is 3.55. The first kappa shape index (κ1) is 17.7. The van der Waals surface area contributed by atoms with Gasteiger partial charge in [-0.25, -0.2) is 14.0 Å². The van der Waals surface area contributed by atoms with Crippen molar-refractivity contribution in [3.63, 3.8) is 0 Å². The largest absolute Gasteiger partial charge is 0.494 e. The molecule has 1 atom stereocenters. The molecule has 4 rings (SSSR count). The average Bonchev–Trinajstić information content (AvgIpc) is 3.37. The molecule has 0 bridgehead atoms. The van der Waals surface area contributed by atoms with Crippen molar-refractivity contribution in [1.29, 1.82) is 0 Å². The van der Waals surface area contributed by atoms with Crippen molar-refractivity contribution in [2.45, 2.75) is 39.3 Å². The molecule has 8 heteroatoms. The number of halogens is 1. The van der Waals surface area contributed by atoms with Crippen molar-refractivity contribution >= 4 is 0 Å². The van der Waals surface area contributed by atoms with Gasteiger partial charge in [0.1, 0.15) is 17.1 Å². The van der Waals surface area contributed by atoms with Crippen LogP contribution in [0.2, 0.25) is 0 Å². The Hall–Kier alpha value is -2.74.